The van der Waals surface area contributed by atoms with Crippen LogP contribution >= 0.6 is 11.8 Å². The topological polar surface area (TPSA) is 129 Å². The highest BCUT2D eigenvalue weighted by Crippen LogP contribution is 2.30. The lowest BCUT2D eigenvalue weighted by molar-refractivity contribution is 0.0534. The van der Waals surface area contributed by atoms with E-state index in [1.54, 1.807) is 0 Å². The van der Waals surface area contributed by atoms with Gasteiger partial charge in [0, 0.05) is 28.9 Å². The first-order valence-electron chi connectivity index (χ1n) is 14.0. The Morgan fingerprint density at radius 2 is 1.35 bits per heavy atom. The van der Waals surface area contributed by atoms with Gasteiger partial charge in [-0.25, -0.2) is 9.59 Å². The van der Waals surface area contributed by atoms with E-state index in [-0.39, 0.29) is 48.6 Å². The second-order valence-corrected chi connectivity index (χ2v) is 9.19. The third-order valence-corrected chi connectivity index (χ3v) is 5.65. The van der Waals surface area contributed by atoms with Crippen LogP contribution in [-0.4, -0.2) is 50.1 Å². The normalized spacial score (nSPS) is 13.0. The standard InChI is InChI=1S/C12H15N3O6.C10H16S.4C2H6/c13-11(16)14-5-6-19-7-8-20-12(17)21-10-3-1-9(15-18)2-4-10;1-9(2)5-6-10(3,4)8-11-7-9;4*1-2/h1-4H,5-8H2,(H3,13,14,16);7-8H2,1-4H3;4*1-2H3. The fourth-order valence-corrected chi connectivity index (χ4v) is 3.47. The molecule has 0 radical (unpaired) electrons. The number of urea groups is 1. The molecule has 0 unspecified atom stereocenters. The average Bonchev–Trinajstić information content (AvgIpc) is 3.09. The van der Waals surface area contributed by atoms with E-state index in [1.807, 2.05) is 67.2 Å². The minimum Gasteiger partial charge on any atom is -0.432 e. The molecular formula is C30H55N3O6S. The van der Waals surface area contributed by atoms with Crippen molar-refractivity contribution in [2.75, 3.05) is 37.9 Å². The van der Waals surface area contributed by atoms with Gasteiger partial charge < -0.3 is 25.3 Å². The zero-order chi connectivity index (χ0) is 32.0. The number of benzene rings is 1. The summed E-state index contributed by atoms with van der Waals surface area (Å²) in [5, 5.41) is 5.05. The molecule has 10 heteroatoms. The van der Waals surface area contributed by atoms with Crippen LogP contribution in [0, 0.1) is 27.6 Å². The van der Waals surface area contributed by atoms with E-state index < -0.39 is 12.2 Å². The molecule has 0 bridgehead atoms. The minimum atomic E-state index is -0.888. The maximum absolute atomic E-state index is 11.3. The first kappa shape index (κ1) is 44.3. The fraction of sp³-hybridized carbons (Fsp3) is 0.667. The Morgan fingerprint density at radius 3 is 1.77 bits per heavy atom. The summed E-state index contributed by atoms with van der Waals surface area (Å²) in [6.45, 7) is 25.6. The first-order chi connectivity index (χ1) is 19.0. The molecular weight excluding hydrogens is 530 g/mol. The van der Waals surface area contributed by atoms with Crippen LogP contribution in [0.4, 0.5) is 15.3 Å². The molecule has 0 aliphatic carbocycles. The van der Waals surface area contributed by atoms with Crippen LogP contribution in [0.25, 0.3) is 0 Å². The number of primary amides is 1. The van der Waals surface area contributed by atoms with Crippen LogP contribution < -0.4 is 15.8 Å². The summed E-state index contributed by atoms with van der Waals surface area (Å²) >= 11 is 2.00. The number of amides is 2. The number of hydrogen-bond acceptors (Lipinski definition) is 8. The van der Waals surface area contributed by atoms with E-state index in [0.717, 1.165) is 0 Å². The summed E-state index contributed by atoms with van der Waals surface area (Å²) in [5.74, 6) is 9.26. The molecule has 0 atom stereocenters. The Balaban J connectivity index is -0.000000286. The van der Waals surface area contributed by atoms with Crippen molar-refractivity contribution in [2.24, 2.45) is 21.7 Å². The van der Waals surface area contributed by atoms with Crippen LogP contribution in [0.15, 0.2) is 29.4 Å². The summed E-state index contributed by atoms with van der Waals surface area (Å²) < 4.78 is 14.7. The third kappa shape index (κ3) is 28.2. The van der Waals surface area contributed by atoms with Crippen LogP contribution in [0.1, 0.15) is 83.1 Å². The number of ether oxygens (including phenoxy) is 3. The molecule has 0 saturated heterocycles. The highest BCUT2D eigenvalue weighted by Gasteiger charge is 2.23. The SMILES string of the molecule is CC.CC.CC.CC.CC1(C)C#CC(C)(C)CSC1.NC(=O)NCCOCCOC(=O)Oc1ccc(N=O)cc1. The van der Waals surface area contributed by atoms with E-state index in [9.17, 15) is 14.5 Å². The van der Waals surface area contributed by atoms with E-state index in [1.165, 1.54) is 35.8 Å². The number of thioether (sulfide) groups is 1. The van der Waals surface area contributed by atoms with E-state index in [2.05, 4.69) is 50.0 Å². The Hall–Kier alpha value is -2.77. The van der Waals surface area contributed by atoms with Crippen LogP contribution in [0.3, 0.4) is 0 Å². The van der Waals surface area contributed by atoms with Crippen molar-refractivity contribution < 1.29 is 23.8 Å². The molecule has 232 valence electrons. The summed E-state index contributed by atoms with van der Waals surface area (Å²) in [7, 11) is 0. The number of nitrogens with two attached hydrogens (primary N) is 1. The quantitative estimate of drug-likeness (QED) is 0.103. The fourth-order valence-electron chi connectivity index (χ4n) is 2.21. The summed E-state index contributed by atoms with van der Waals surface area (Å²) in [4.78, 5) is 31.8. The van der Waals surface area contributed by atoms with E-state index >= 15 is 0 Å². The van der Waals surface area contributed by atoms with Crippen LogP contribution in [0.2, 0.25) is 0 Å². The van der Waals surface area contributed by atoms with Gasteiger partial charge in [0.2, 0.25) is 0 Å². The van der Waals surface area contributed by atoms with Gasteiger partial charge in [-0.2, -0.15) is 11.8 Å². The maximum atomic E-state index is 11.3. The van der Waals surface area contributed by atoms with Gasteiger partial charge in [0.05, 0.1) is 13.2 Å². The second-order valence-electron chi connectivity index (χ2n) is 8.20. The molecule has 9 nitrogen and oxygen atoms in total. The third-order valence-electron chi connectivity index (χ3n) is 3.80. The van der Waals surface area contributed by atoms with Crippen LogP contribution in [-0.2, 0) is 9.47 Å². The molecule has 3 N–H and O–H groups in total. The second kappa shape index (κ2) is 29.2. The maximum Gasteiger partial charge on any atom is 0.513 e. The van der Waals surface area contributed by atoms with E-state index in [4.69, 9.17) is 19.9 Å². The number of carbonyl (C=O) groups excluding carboxylic acids is 2. The molecule has 2 rings (SSSR count). The Bertz CT molecular complexity index is 799. The van der Waals surface area contributed by atoms with Gasteiger partial charge in [-0.1, -0.05) is 67.2 Å². The highest BCUT2D eigenvalue weighted by atomic mass is 32.2. The lowest BCUT2D eigenvalue weighted by atomic mass is 9.92. The van der Waals surface area contributed by atoms with Crippen molar-refractivity contribution in [3.05, 3.63) is 29.2 Å². The van der Waals surface area contributed by atoms with Crippen molar-refractivity contribution in [1.82, 2.24) is 5.32 Å². The molecule has 1 heterocycles. The van der Waals surface area contributed by atoms with Crippen molar-refractivity contribution in [3.63, 3.8) is 0 Å². The smallest absolute Gasteiger partial charge is 0.432 e. The molecule has 0 saturated carbocycles. The molecule has 1 aromatic carbocycles. The number of carbonyl (C=O) groups is 2. The lowest BCUT2D eigenvalue weighted by Crippen LogP contribution is -2.32. The molecule has 0 fully saturated rings. The van der Waals surface area contributed by atoms with Gasteiger partial charge >= 0.3 is 12.2 Å². The minimum absolute atomic E-state index is 0.00335. The molecule has 2 amide bonds. The Labute approximate surface area is 248 Å². The largest absolute Gasteiger partial charge is 0.513 e. The van der Waals surface area contributed by atoms with Crippen LogP contribution in [0.5, 0.6) is 5.75 Å². The molecule has 0 spiro atoms. The van der Waals surface area contributed by atoms with Gasteiger partial charge in [0.1, 0.15) is 18.0 Å². The highest BCUT2D eigenvalue weighted by molar-refractivity contribution is 7.99. The van der Waals surface area contributed by atoms with Crippen molar-refractivity contribution in [3.8, 4) is 17.6 Å². The Kier molecular flexibility index (Phi) is 32.3. The monoisotopic (exact) mass is 585 g/mol. The van der Waals surface area contributed by atoms with Gasteiger partial charge in [0.15, 0.2) is 0 Å². The van der Waals surface area contributed by atoms with Gasteiger partial charge in [-0.15, -0.1) is 4.91 Å². The van der Waals surface area contributed by atoms with Crippen molar-refractivity contribution >= 4 is 29.6 Å². The summed E-state index contributed by atoms with van der Waals surface area (Å²) in [5.41, 5.74) is 5.52. The molecule has 0 aromatic heterocycles. The summed E-state index contributed by atoms with van der Waals surface area (Å²) in [6, 6.07) is 5.03. The number of rotatable bonds is 8. The zero-order valence-electron chi connectivity index (χ0n) is 26.9. The number of nitrogens with zero attached hydrogens (tertiary/aromatic N) is 1. The zero-order valence-corrected chi connectivity index (χ0v) is 27.8. The van der Waals surface area contributed by atoms with Gasteiger partial charge in [0.25, 0.3) is 0 Å². The van der Waals surface area contributed by atoms with Gasteiger partial charge in [-0.05, 0) is 57.1 Å². The predicted octanol–water partition coefficient (Wildman–Crippen LogP) is 8.18. The number of nitrogens with one attached hydrogen (secondary N) is 1. The molecule has 1 aliphatic heterocycles. The predicted molar refractivity (Wildman–Crippen MR) is 170 cm³/mol. The Morgan fingerprint density at radius 1 is 0.875 bits per heavy atom. The number of hydrogen-bond donors (Lipinski definition) is 2. The summed E-state index contributed by atoms with van der Waals surface area (Å²) in [6.07, 6.45) is -0.888. The first-order valence-corrected chi connectivity index (χ1v) is 15.2. The van der Waals surface area contributed by atoms with Crippen molar-refractivity contribution in [2.45, 2.75) is 83.1 Å². The molecule has 40 heavy (non-hydrogen) atoms. The van der Waals surface area contributed by atoms with E-state index in [0.29, 0.717) is 0 Å². The average molecular weight is 586 g/mol. The number of nitroso groups, excluding NO2 is 1. The lowest BCUT2D eigenvalue weighted by Gasteiger charge is -2.15. The van der Waals surface area contributed by atoms with Gasteiger partial charge in [-0.3, -0.25) is 0 Å². The molecule has 1 aromatic rings. The van der Waals surface area contributed by atoms with Crippen molar-refractivity contribution in [1.29, 1.82) is 0 Å². The molecule has 1 aliphatic rings.